The minimum Gasteiger partial charge on any atom is -0.369 e. The molecule has 0 aliphatic rings. The highest BCUT2D eigenvalue weighted by molar-refractivity contribution is 6.32. The fourth-order valence-corrected chi connectivity index (χ4v) is 1.50. The lowest BCUT2D eigenvalue weighted by Crippen LogP contribution is -2.07. The van der Waals surface area contributed by atoms with Crippen LogP contribution < -0.4 is 5.32 Å². The molecule has 0 aliphatic heterocycles. The summed E-state index contributed by atoms with van der Waals surface area (Å²) >= 11 is 5.90. The maximum absolute atomic E-state index is 5.90. The Hall–Kier alpha value is -1.62. The number of nitrogens with one attached hydrogen (secondary N) is 1. The van der Waals surface area contributed by atoms with E-state index in [0.29, 0.717) is 10.8 Å². The summed E-state index contributed by atoms with van der Waals surface area (Å²) < 4.78 is 2.03. The maximum Gasteiger partial charge on any atom is 0.148 e. The summed E-state index contributed by atoms with van der Waals surface area (Å²) in [4.78, 5) is 11.8. The summed E-state index contributed by atoms with van der Waals surface area (Å²) in [7, 11) is 0. The lowest BCUT2D eigenvalue weighted by Gasteiger charge is -2.06. The number of aryl methyl sites for hydroxylation is 1. The molecule has 16 heavy (non-hydrogen) atoms. The van der Waals surface area contributed by atoms with Crippen LogP contribution in [0, 0.1) is 0 Å². The van der Waals surface area contributed by atoms with Gasteiger partial charge in [-0.25, -0.2) is 15.0 Å². The zero-order valence-electron chi connectivity index (χ0n) is 8.67. The molecule has 0 amide bonds. The van der Waals surface area contributed by atoms with E-state index in [-0.39, 0.29) is 0 Å². The van der Waals surface area contributed by atoms with Crippen molar-refractivity contribution in [3.63, 3.8) is 0 Å². The molecule has 2 aromatic rings. The van der Waals surface area contributed by atoms with Crippen LogP contribution in [0.1, 0.15) is 6.42 Å². The van der Waals surface area contributed by atoms with E-state index in [1.807, 2.05) is 10.8 Å². The molecule has 0 radical (unpaired) electrons. The van der Waals surface area contributed by atoms with Crippen molar-refractivity contribution in [3.8, 4) is 0 Å². The van der Waals surface area contributed by atoms with E-state index in [9.17, 15) is 0 Å². The third kappa shape index (κ3) is 2.93. The van der Waals surface area contributed by atoms with Crippen molar-refractivity contribution in [1.82, 2.24) is 19.5 Å². The SMILES string of the molecule is Clc1cncnc1NCCCn1ccnc1. The highest BCUT2D eigenvalue weighted by atomic mass is 35.5. The maximum atomic E-state index is 5.90. The summed E-state index contributed by atoms with van der Waals surface area (Å²) in [5.74, 6) is 0.683. The van der Waals surface area contributed by atoms with Crippen molar-refractivity contribution < 1.29 is 0 Å². The van der Waals surface area contributed by atoms with Gasteiger partial charge in [0, 0.05) is 25.5 Å². The highest BCUT2D eigenvalue weighted by Gasteiger charge is 1.99. The van der Waals surface area contributed by atoms with E-state index in [4.69, 9.17) is 11.6 Å². The minimum absolute atomic E-state index is 0.546. The number of hydrogen-bond acceptors (Lipinski definition) is 4. The van der Waals surface area contributed by atoms with Gasteiger partial charge in [0.15, 0.2) is 0 Å². The molecule has 2 heterocycles. The van der Waals surface area contributed by atoms with Crippen LogP contribution in [0.2, 0.25) is 5.02 Å². The third-order valence-electron chi connectivity index (χ3n) is 2.11. The van der Waals surface area contributed by atoms with Crippen molar-refractivity contribution in [1.29, 1.82) is 0 Å². The van der Waals surface area contributed by atoms with Crippen molar-refractivity contribution in [2.75, 3.05) is 11.9 Å². The van der Waals surface area contributed by atoms with E-state index < -0.39 is 0 Å². The Balaban J connectivity index is 1.74. The molecule has 0 fully saturated rings. The molecule has 0 aromatic carbocycles. The number of imidazole rings is 1. The number of aromatic nitrogens is 4. The zero-order valence-corrected chi connectivity index (χ0v) is 9.43. The average molecular weight is 238 g/mol. The average Bonchev–Trinajstić information content (AvgIpc) is 2.79. The van der Waals surface area contributed by atoms with Gasteiger partial charge in [0.1, 0.15) is 17.2 Å². The Kier molecular flexibility index (Phi) is 3.71. The molecule has 5 nitrogen and oxygen atoms in total. The van der Waals surface area contributed by atoms with Crippen LogP contribution in [0.15, 0.2) is 31.2 Å². The van der Waals surface area contributed by atoms with E-state index in [2.05, 4.69) is 20.3 Å². The summed E-state index contributed by atoms with van der Waals surface area (Å²) in [6.45, 7) is 1.74. The Morgan fingerprint density at radius 1 is 1.38 bits per heavy atom. The molecule has 0 atom stereocenters. The Labute approximate surface area is 98.5 Å². The fraction of sp³-hybridized carbons (Fsp3) is 0.300. The first-order valence-corrected chi connectivity index (χ1v) is 5.39. The van der Waals surface area contributed by atoms with Crippen LogP contribution in [0.4, 0.5) is 5.82 Å². The summed E-state index contributed by atoms with van der Waals surface area (Å²) in [5, 5.41) is 3.70. The van der Waals surface area contributed by atoms with Gasteiger partial charge < -0.3 is 9.88 Å². The smallest absolute Gasteiger partial charge is 0.148 e. The Morgan fingerprint density at radius 2 is 2.31 bits per heavy atom. The van der Waals surface area contributed by atoms with E-state index in [1.165, 1.54) is 6.33 Å². The summed E-state index contributed by atoms with van der Waals surface area (Å²) in [6.07, 6.45) is 9.55. The van der Waals surface area contributed by atoms with Crippen molar-refractivity contribution >= 4 is 17.4 Å². The van der Waals surface area contributed by atoms with Crippen molar-refractivity contribution in [3.05, 3.63) is 36.3 Å². The second kappa shape index (κ2) is 5.46. The van der Waals surface area contributed by atoms with Crippen LogP contribution in [0.5, 0.6) is 0 Å². The van der Waals surface area contributed by atoms with Crippen LogP contribution in [-0.2, 0) is 6.54 Å². The predicted octanol–water partition coefficient (Wildman–Crippen LogP) is 1.83. The molecule has 2 rings (SSSR count). The Morgan fingerprint density at radius 3 is 3.06 bits per heavy atom. The van der Waals surface area contributed by atoms with E-state index in [0.717, 1.165) is 19.5 Å². The lowest BCUT2D eigenvalue weighted by molar-refractivity contribution is 0.660. The molecule has 0 spiro atoms. The molecule has 0 saturated heterocycles. The monoisotopic (exact) mass is 237 g/mol. The largest absolute Gasteiger partial charge is 0.369 e. The van der Waals surface area contributed by atoms with Crippen LogP contribution in [0.25, 0.3) is 0 Å². The van der Waals surface area contributed by atoms with E-state index >= 15 is 0 Å². The molecule has 0 unspecified atom stereocenters. The minimum atomic E-state index is 0.546. The number of rotatable bonds is 5. The quantitative estimate of drug-likeness (QED) is 0.807. The molecular weight excluding hydrogens is 226 g/mol. The first kappa shape index (κ1) is 10.9. The van der Waals surface area contributed by atoms with Gasteiger partial charge in [0.2, 0.25) is 0 Å². The second-order valence-corrected chi connectivity index (χ2v) is 3.71. The highest BCUT2D eigenvalue weighted by Crippen LogP contribution is 2.15. The molecule has 1 N–H and O–H groups in total. The van der Waals surface area contributed by atoms with Gasteiger partial charge in [-0.1, -0.05) is 11.6 Å². The van der Waals surface area contributed by atoms with Gasteiger partial charge >= 0.3 is 0 Å². The van der Waals surface area contributed by atoms with Gasteiger partial charge in [0.25, 0.3) is 0 Å². The molecule has 2 aromatic heterocycles. The third-order valence-corrected chi connectivity index (χ3v) is 2.39. The van der Waals surface area contributed by atoms with Gasteiger partial charge in [-0.05, 0) is 6.42 Å². The van der Waals surface area contributed by atoms with Gasteiger partial charge in [-0.2, -0.15) is 0 Å². The Bertz CT molecular complexity index is 429. The van der Waals surface area contributed by atoms with Crippen molar-refractivity contribution in [2.45, 2.75) is 13.0 Å². The first-order chi connectivity index (χ1) is 7.86. The normalized spacial score (nSPS) is 10.3. The molecular formula is C10H12ClN5. The van der Waals surface area contributed by atoms with Gasteiger partial charge in [-0.3, -0.25) is 0 Å². The van der Waals surface area contributed by atoms with Crippen LogP contribution in [-0.4, -0.2) is 26.1 Å². The van der Waals surface area contributed by atoms with E-state index in [1.54, 1.807) is 18.7 Å². The van der Waals surface area contributed by atoms with Crippen LogP contribution >= 0.6 is 11.6 Å². The molecule has 84 valence electrons. The standard InChI is InChI=1S/C10H12ClN5/c11-9-6-13-7-15-10(9)14-2-1-4-16-5-3-12-8-16/h3,5-8H,1-2,4H2,(H,13,14,15). The van der Waals surface area contributed by atoms with Crippen LogP contribution in [0.3, 0.4) is 0 Å². The lowest BCUT2D eigenvalue weighted by atomic mass is 10.4. The molecule has 0 aliphatic carbocycles. The van der Waals surface area contributed by atoms with Gasteiger partial charge in [0.05, 0.1) is 12.5 Å². The van der Waals surface area contributed by atoms with Gasteiger partial charge in [-0.15, -0.1) is 0 Å². The fourth-order valence-electron chi connectivity index (χ4n) is 1.33. The molecule has 0 saturated carbocycles. The zero-order chi connectivity index (χ0) is 11.2. The predicted molar refractivity (Wildman–Crippen MR) is 62.4 cm³/mol. The molecule has 6 heteroatoms. The number of anilines is 1. The first-order valence-electron chi connectivity index (χ1n) is 5.01. The number of hydrogen-bond donors (Lipinski definition) is 1. The van der Waals surface area contributed by atoms with Crippen molar-refractivity contribution in [2.24, 2.45) is 0 Å². The number of halogens is 1. The molecule has 0 bridgehead atoms. The summed E-state index contributed by atoms with van der Waals surface area (Å²) in [6, 6.07) is 0. The topological polar surface area (TPSA) is 55.6 Å². The second-order valence-electron chi connectivity index (χ2n) is 3.30. The summed E-state index contributed by atoms with van der Waals surface area (Å²) in [5.41, 5.74) is 0. The number of nitrogens with zero attached hydrogens (tertiary/aromatic N) is 4.